The first kappa shape index (κ1) is 19.3. The summed E-state index contributed by atoms with van der Waals surface area (Å²) in [6, 6.07) is 13.2. The molecule has 0 atom stereocenters. The molecule has 2 heterocycles. The van der Waals surface area contributed by atoms with Gasteiger partial charge in [-0.2, -0.15) is 0 Å². The number of likely N-dealkylation sites (tertiary alicyclic amines) is 1. The molecule has 4 heteroatoms. The third-order valence-electron chi connectivity index (χ3n) is 5.95. The summed E-state index contributed by atoms with van der Waals surface area (Å²) in [5.41, 5.74) is 3.73. The van der Waals surface area contributed by atoms with Crippen molar-refractivity contribution >= 4 is 39.0 Å². The van der Waals surface area contributed by atoms with Gasteiger partial charge in [0.25, 0.3) is 0 Å². The predicted molar refractivity (Wildman–Crippen MR) is 123 cm³/mol. The Morgan fingerprint density at radius 1 is 0.964 bits per heavy atom. The molecule has 2 aromatic carbocycles. The molecule has 3 aromatic rings. The van der Waals surface area contributed by atoms with Crippen molar-refractivity contribution in [2.24, 2.45) is 0 Å². The Bertz CT molecular complexity index is 985. The van der Waals surface area contributed by atoms with Gasteiger partial charge in [0.1, 0.15) is 10.7 Å². The highest BCUT2D eigenvalue weighted by molar-refractivity contribution is 7.80. The first-order valence-corrected chi connectivity index (χ1v) is 11.0. The minimum Gasteiger partial charge on any atom is -0.497 e. The van der Waals surface area contributed by atoms with Gasteiger partial charge >= 0.3 is 0 Å². The van der Waals surface area contributed by atoms with Gasteiger partial charge in [-0.3, -0.25) is 0 Å². The van der Waals surface area contributed by atoms with Crippen molar-refractivity contribution in [3.8, 4) is 5.75 Å². The number of thiocarbonyl (C=S) groups is 1. The largest absolute Gasteiger partial charge is 0.497 e. The van der Waals surface area contributed by atoms with Crippen LogP contribution in [0.4, 0.5) is 0 Å². The van der Waals surface area contributed by atoms with Crippen LogP contribution in [0.3, 0.4) is 0 Å². The van der Waals surface area contributed by atoms with E-state index < -0.39 is 0 Å². The summed E-state index contributed by atoms with van der Waals surface area (Å²) in [5, 5.41) is 2.58. The molecule has 1 saturated heterocycles. The molecule has 0 N–H and O–H groups in total. The van der Waals surface area contributed by atoms with E-state index in [1.54, 1.807) is 7.11 Å². The number of nitrogens with zero attached hydrogens (tertiary/aromatic N) is 2. The smallest absolute Gasteiger partial charge is 0.120 e. The molecule has 0 amide bonds. The number of fused-ring (bicyclic) bond motifs is 3. The molecule has 3 nitrogen and oxygen atoms in total. The topological polar surface area (TPSA) is 17.4 Å². The minimum absolute atomic E-state index is 0.913. The molecule has 148 valence electrons. The average Bonchev–Trinajstić information content (AvgIpc) is 3.06. The fraction of sp³-hybridized carbons (Fsp3) is 0.458. The molecular formula is C24H30N2OS. The van der Waals surface area contributed by atoms with E-state index in [-0.39, 0.29) is 0 Å². The number of benzene rings is 2. The van der Waals surface area contributed by atoms with Gasteiger partial charge in [0.15, 0.2) is 0 Å². The Labute approximate surface area is 173 Å². The van der Waals surface area contributed by atoms with Crippen molar-refractivity contribution < 1.29 is 4.74 Å². The molecule has 1 fully saturated rings. The number of methoxy groups -OCH3 is 1. The lowest BCUT2D eigenvalue weighted by Crippen LogP contribution is -2.34. The molecule has 28 heavy (non-hydrogen) atoms. The average molecular weight is 395 g/mol. The third kappa shape index (κ3) is 3.62. The number of unbranched alkanes of at least 4 members (excludes halogenated alkanes) is 2. The van der Waals surface area contributed by atoms with Crippen LogP contribution in [0.15, 0.2) is 36.4 Å². The lowest BCUT2D eigenvalue weighted by atomic mass is 10.1. The van der Waals surface area contributed by atoms with E-state index in [1.165, 1.54) is 65.9 Å². The Kier molecular flexibility index (Phi) is 5.86. The number of ether oxygens (including phenoxy) is 1. The fourth-order valence-electron chi connectivity index (χ4n) is 4.38. The summed E-state index contributed by atoms with van der Waals surface area (Å²) in [6.07, 6.45) is 7.50. The van der Waals surface area contributed by atoms with Crippen LogP contribution in [0.1, 0.15) is 51.0 Å². The van der Waals surface area contributed by atoms with E-state index in [1.807, 2.05) is 0 Å². The minimum atomic E-state index is 0.913. The van der Waals surface area contributed by atoms with Crippen LogP contribution in [-0.2, 0) is 6.54 Å². The zero-order valence-electron chi connectivity index (χ0n) is 17.0. The van der Waals surface area contributed by atoms with Crippen molar-refractivity contribution in [2.75, 3.05) is 20.2 Å². The number of aromatic nitrogens is 1. The zero-order chi connectivity index (χ0) is 19.5. The highest BCUT2D eigenvalue weighted by atomic mass is 32.1. The maximum atomic E-state index is 5.86. The maximum Gasteiger partial charge on any atom is 0.120 e. The van der Waals surface area contributed by atoms with Gasteiger partial charge in [0.05, 0.1) is 12.6 Å². The molecule has 0 saturated carbocycles. The van der Waals surface area contributed by atoms with E-state index in [0.29, 0.717) is 0 Å². The fourth-order valence-corrected chi connectivity index (χ4v) is 4.69. The van der Waals surface area contributed by atoms with Crippen LogP contribution in [0.25, 0.3) is 21.8 Å². The molecule has 0 radical (unpaired) electrons. The van der Waals surface area contributed by atoms with Crippen molar-refractivity contribution in [2.45, 2.75) is 52.0 Å². The standard InChI is InChI=1S/C24H30N2OS/c1-3-4-6-15-26-22-12-9-18(24(28)25-13-7-5-8-14-25)16-21(22)20-11-10-19(27-2)17-23(20)26/h9-12,16-17H,3-8,13-15H2,1-2H3. The van der Waals surface area contributed by atoms with Crippen molar-refractivity contribution in [1.29, 1.82) is 0 Å². The van der Waals surface area contributed by atoms with E-state index >= 15 is 0 Å². The van der Waals surface area contributed by atoms with Crippen molar-refractivity contribution in [1.82, 2.24) is 9.47 Å². The lowest BCUT2D eigenvalue weighted by Gasteiger charge is -2.29. The van der Waals surface area contributed by atoms with Gasteiger partial charge in [-0.15, -0.1) is 0 Å². The normalized spacial score (nSPS) is 14.7. The summed E-state index contributed by atoms with van der Waals surface area (Å²) in [4.78, 5) is 3.38. The summed E-state index contributed by atoms with van der Waals surface area (Å²) in [5.74, 6) is 0.913. The molecular weight excluding hydrogens is 364 g/mol. The second-order valence-electron chi connectivity index (χ2n) is 7.83. The molecule has 4 rings (SSSR count). The Morgan fingerprint density at radius 3 is 2.54 bits per heavy atom. The third-order valence-corrected chi connectivity index (χ3v) is 6.44. The van der Waals surface area contributed by atoms with Crippen LogP contribution < -0.4 is 4.74 Å². The first-order valence-electron chi connectivity index (χ1n) is 10.6. The van der Waals surface area contributed by atoms with Crippen LogP contribution in [0.5, 0.6) is 5.75 Å². The van der Waals surface area contributed by atoms with E-state index in [2.05, 4.69) is 52.8 Å². The Balaban J connectivity index is 1.79. The second-order valence-corrected chi connectivity index (χ2v) is 8.21. The molecule has 0 bridgehead atoms. The van der Waals surface area contributed by atoms with Crippen LogP contribution in [0, 0.1) is 0 Å². The monoisotopic (exact) mass is 394 g/mol. The second kappa shape index (κ2) is 8.52. The number of hydrogen-bond acceptors (Lipinski definition) is 2. The van der Waals surface area contributed by atoms with Crippen LogP contribution in [-0.4, -0.2) is 34.7 Å². The number of rotatable bonds is 6. The number of hydrogen-bond donors (Lipinski definition) is 0. The summed E-state index contributed by atoms with van der Waals surface area (Å²) in [7, 11) is 1.74. The van der Waals surface area contributed by atoms with Crippen LogP contribution in [0.2, 0.25) is 0 Å². The molecule has 1 aromatic heterocycles. The first-order chi connectivity index (χ1) is 13.7. The Hall–Kier alpha value is -2.07. The van der Waals surface area contributed by atoms with Crippen molar-refractivity contribution in [3.63, 3.8) is 0 Å². The van der Waals surface area contributed by atoms with Crippen LogP contribution >= 0.6 is 12.2 Å². The quantitative estimate of drug-likeness (QED) is 0.368. The number of aryl methyl sites for hydroxylation is 1. The lowest BCUT2D eigenvalue weighted by molar-refractivity contribution is 0.347. The van der Waals surface area contributed by atoms with Gasteiger partial charge < -0.3 is 14.2 Å². The molecule has 1 aliphatic rings. The molecule has 1 aliphatic heterocycles. The number of piperidine rings is 1. The summed E-state index contributed by atoms with van der Waals surface area (Å²) < 4.78 is 7.95. The van der Waals surface area contributed by atoms with E-state index in [9.17, 15) is 0 Å². The summed E-state index contributed by atoms with van der Waals surface area (Å²) >= 11 is 5.86. The van der Waals surface area contributed by atoms with E-state index in [0.717, 1.165) is 30.4 Å². The van der Waals surface area contributed by atoms with Gasteiger partial charge in [0, 0.05) is 47.6 Å². The van der Waals surface area contributed by atoms with Gasteiger partial charge in [-0.05, 0) is 56.0 Å². The van der Waals surface area contributed by atoms with Gasteiger partial charge in [0.2, 0.25) is 0 Å². The molecule has 0 aliphatic carbocycles. The SMILES string of the molecule is CCCCCn1c2ccc(C(=S)N3CCCCC3)cc2c2ccc(OC)cc21. The molecule has 0 unspecified atom stereocenters. The highest BCUT2D eigenvalue weighted by Gasteiger charge is 2.17. The predicted octanol–water partition coefficient (Wildman–Crippen LogP) is 6.15. The summed E-state index contributed by atoms with van der Waals surface area (Å²) in [6.45, 7) is 5.47. The Morgan fingerprint density at radius 2 is 1.79 bits per heavy atom. The maximum absolute atomic E-state index is 5.86. The van der Waals surface area contributed by atoms with Crippen molar-refractivity contribution in [3.05, 3.63) is 42.0 Å². The zero-order valence-corrected chi connectivity index (χ0v) is 17.9. The van der Waals surface area contributed by atoms with E-state index in [4.69, 9.17) is 17.0 Å². The molecule has 0 spiro atoms. The van der Waals surface area contributed by atoms with Gasteiger partial charge in [-0.1, -0.05) is 32.0 Å². The van der Waals surface area contributed by atoms with Gasteiger partial charge in [-0.25, -0.2) is 0 Å². The highest BCUT2D eigenvalue weighted by Crippen LogP contribution is 2.33.